The van der Waals surface area contributed by atoms with Gasteiger partial charge in [0, 0.05) is 38.4 Å². The number of piperazine rings is 1. The predicted molar refractivity (Wildman–Crippen MR) is 142 cm³/mol. The molecule has 5 rings (SSSR count). The molecule has 3 aromatic heterocycles. The van der Waals surface area contributed by atoms with Crippen molar-refractivity contribution in [2.45, 2.75) is 53.6 Å². The van der Waals surface area contributed by atoms with E-state index >= 15 is 0 Å². The third kappa shape index (κ3) is 5.46. The van der Waals surface area contributed by atoms with Crippen LogP contribution in [-0.4, -0.2) is 66.6 Å². The minimum Gasteiger partial charge on any atom is -0.368 e. The van der Waals surface area contributed by atoms with Crippen LogP contribution in [0.3, 0.4) is 0 Å². The molecule has 194 valence electrons. The van der Waals surface area contributed by atoms with Gasteiger partial charge in [-0.25, -0.2) is 0 Å². The topological polar surface area (TPSA) is 125 Å². The Labute approximate surface area is 216 Å². The number of rotatable bonds is 8. The van der Waals surface area contributed by atoms with E-state index in [2.05, 4.69) is 84.0 Å². The summed E-state index contributed by atoms with van der Waals surface area (Å²) >= 11 is 0. The third-order valence-electron chi connectivity index (χ3n) is 6.78. The van der Waals surface area contributed by atoms with E-state index in [-0.39, 0.29) is 0 Å². The normalized spacial score (nSPS) is 16.5. The minimum atomic E-state index is 0.321. The van der Waals surface area contributed by atoms with Gasteiger partial charge in [0.05, 0.1) is 22.6 Å². The molecule has 11 nitrogen and oxygen atoms in total. The Bertz CT molecular complexity index is 1300. The molecular weight excluding hydrogens is 468 g/mol. The number of aromatic nitrogens is 7. The molecule has 1 fully saturated rings. The van der Waals surface area contributed by atoms with E-state index in [9.17, 15) is 0 Å². The van der Waals surface area contributed by atoms with Gasteiger partial charge in [-0.15, -0.1) is 10.2 Å². The van der Waals surface area contributed by atoms with Crippen molar-refractivity contribution in [3.05, 3.63) is 53.2 Å². The van der Waals surface area contributed by atoms with Crippen LogP contribution in [0.4, 0.5) is 17.1 Å². The maximum absolute atomic E-state index is 5.43. The van der Waals surface area contributed by atoms with Crippen LogP contribution in [-0.2, 0) is 13.0 Å². The first-order valence-electron chi connectivity index (χ1n) is 12.7. The van der Waals surface area contributed by atoms with E-state index in [1.165, 1.54) is 5.56 Å². The summed E-state index contributed by atoms with van der Waals surface area (Å²) in [7, 11) is 0. The molecule has 0 saturated carbocycles. The van der Waals surface area contributed by atoms with Gasteiger partial charge >= 0.3 is 0 Å². The zero-order valence-electron chi connectivity index (χ0n) is 22.1. The van der Waals surface area contributed by atoms with Crippen LogP contribution in [0.25, 0.3) is 11.4 Å². The average Bonchev–Trinajstić information content (AvgIpc) is 3.51. The number of tetrazole rings is 1. The monoisotopic (exact) mass is 502 g/mol. The highest BCUT2D eigenvalue weighted by Crippen LogP contribution is 2.40. The molecule has 1 saturated heterocycles. The Morgan fingerprint density at radius 3 is 2.70 bits per heavy atom. The van der Waals surface area contributed by atoms with E-state index in [1.54, 1.807) is 6.20 Å². The van der Waals surface area contributed by atoms with Gasteiger partial charge in [-0.2, -0.15) is 15.4 Å². The SMILES string of the molecule is Cc1noc(C)c1Nc1cc(CC(C)C)cc(N2CCN(Cc3cccnn3)[C@@H](C)C2)c1-c1nn[nH]n1. The van der Waals surface area contributed by atoms with E-state index in [0.29, 0.717) is 17.8 Å². The van der Waals surface area contributed by atoms with Crippen molar-refractivity contribution in [2.24, 2.45) is 5.92 Å². The molecule has 0 amide bonds. The molecule has 0 bridgehead atoms. The third-order valence-corrected chi connectivity index (χ3v) is 6.78. The van der Waals surface area contributed by atoms with Crippen LogP contribution in [0, 0.1) is 19.8 Å². The molecular formula is C26H34N10O. The number of hydrogen-bond acceptors (Lipinski definition) is 10. The average molecular weight is 503 g/mol. The minimum absolute atomic E-state index is 0.321. The van der Waals surface area contributed by atoms with Crippen molar-refractivity contribution in [3.8, 4) is 11.4 Å². The van der Waals surface area contributed by atoms with Gasteiger partial charge in [-0.3, -0.25) is 4.90 Å². The zero-order chi connectivity index (χ0) is 25.9. The summed E-state index contributed by atoms with van der Waals surface area (Å²) in [4.78, 5) is 4.89. The number of H-pyrrole nitrogens is 1. The summed E-state index contributed by atoms with van der Waals surface area (Å²) in [5.41, 5.74) is 6.83. The smallest absolute Gasteiger partial charge is 0.208 e. The Kier molecular flexibility index (Phi) is 7.13. The fraction of sp³-hybridized carbons (Fsp3) is 0.462. The van der Waals surface area contributed by atoms with Crippen molar-refractivity contribution in [1.82, 2.24) is 40.9 Å². The standard InChI is InChI=1S/C26H34N10O/c1-16(2)11-20-12-22(28-25-18(4)32-37-19(25)5)24(26-30-33-34-31-26)23(13-20)36-10-9-35(17(3)14-36)15-21-7-6-8-27-29-21/h6-8,12-13,16-17,28H,9-11,14-15H2,1-5H3,(H,30,31,33,34)/t17-/m0/s1. The van der Waals surface area contributed by atoms with Crippen LogP contribution in [0.1, 0.15) is 43.5 Å². The molecule has 37 heavy (non-hydrogen) atoms. The fourth-order valence-electron chi connectivity index (χ4n) is 5.00. The molecule has 4 heterocycles. The Balaban J connectivity index is 1.52. The summed E-state index contributed by atoms with van der Waals surface area (Å²) in [6, 6.07) is 8.77. The van der Waals surface area contributed by atoms with Gasteiger partial charge in [0.1, 0.15) is 11.4 Å². The lowest BCUT2D eigenvalue weighted by atomic mass is 9.97. The number of aryl methyl sites for hydroxylation is 2. The van der Waals surface area contributed by atoms with Crippen LogP contribution >= 0.6 is 0 Å². The Morgan fingerprint density at radius 1 is 1.19 bits per heavy atom. The number of anilines is 3. The van der Waals surface area contributed by atoms with E-state index in [1.807, 2.05) is 26.0 Å². The van der Waals surface area contributed by atoms with Gasteiger partial charge in [-0.05, 0) is 68.2 Å². The Hall–Kier alpha value is -3.86. The molecule has 0 spiro atoms. The van der Waals surface area contributed by atoms with Gasteiger partial charge in [0.25, 0.3) is 0 Å². The molecule has 11 heteroatoms. The molecule has 1 aliphatic heterocycles. The molecule has 0 radical (unpaired) electrons. The summed E-state index contributed by atoms with van der Waals surface area (Å²) in [5.74, 6) is 1.80. The molecule has 1 atom stereocenters. The first-order valence-corrected chi connectivity index (χ1v) is 12.7. The first-order chi connectivity index (χ1) is 17.9. The fourth-order valence-corrected chi connectivity index (χ4v) is 5.00. The van der Waals surface area contributed by atoms with E-state index in [0.717, 1.165) is 72.4 Å². The lowest BCUT2D eigenvalue weighted by Gasteiger charge is -2.41. The highest BCUT2D eigenvalue weighted by molar-refractivity contribution is 5.89. The molecule has 0 unspecified atom stereocenters. The van der Waals surface area contributed by atoms with Crippen molar-refractivity contribution in [2.75, 3.05) is 29.9 Å². The zero-order valence-corrected chi connectivity index (χ0v) is 22.1. The summed E-state index contributed by atoms with van der Waals surface area (Å²) in [6.45, 7) is 14.0. The lowest BCUT2D eigenvalue weighted by molar-refractivity contribution is 0.178. The number of nitrogens with zero attached hydrogens (tertiary/aromatic N) is 8. The van der Waals surface area contributed by atoms with Crippen molar-refractivity contribution in [1.29, 1.82) is 0 Å². The van der Waals surface area contributed by atoms with Gasteiger partial charge in [-0.1, -0.05) is 19.0 Å². The van der Waals surface area contributed by atoms with Crippen molar-refractivity contribution >= 4 is 17.1 Å². The van der Waals surface area contributed by atoms with Crippen molar-refractivity contribution < 1.29 is 4.52 Å². The second kappa shape index (κ2) is 10.6. The van der Waals surface area contributed by atoms with Gasteiger partial charge < -0.3 is 14.7 Å². The quantitative estimate of drug-likeness (QED) is 0.366. The van der Waals surface area contributed by atoms with E-state index < -0.39 is 0 Å². The maximum Gasteiger partial charge on any atom is 0.208 e. The largest absolute Gasteiger partial charge is 0.368 e. The summed E-state index contributed by atoms with van der Waals surface area (Å²) in [6.07, 6.45) is 2.67. The summed E-state index contributed by atoms with van der Waals surface area (Å²) < 4.78 is 5.43. The van der Waals surface area contributed by atoms with Crippen LogP contribution in [0.15, 0.2) is 35.0 Å². The number of hydrogen-bond donors (Lipinski definition) is 2. The lowest BCUT2D eigenvalue weighted by Crippen LogP contribution is -2.51. The molecule has 4 aromatic rings. The van der Waals surface area contributed by atoms with Crippen LogP contribution in [0.5, 0.6) is 0 Å². The molecule has 0 aliphatic carbocycles. The number of aromatic amines is 1. The van der Waals surface area contributed by atoms with Crippen molar-refractivity contribution in [3.63, 3.8) is 0 Å². The van der Waals surface area contributed by atoms with Crippen LogP contribution in [0.2, 0.25) is 0 Å². The highest BCUT2D eigenvalue weighted by Gasteiger charge is 2.29. The van der Waals surface area contributed by atoms with Crippen LogP contribution < -0.4 is 10.2 Å². The van der Waals surface area contributed by atoms with Gasteiger partial charge in [0.15, 0.2) is 5.76 Å². The molecule has 1 aliphatic rings. The predicted octanol–water partition coefficient (Wildman–Crippen LogP) is 3.91. The molecule has 1 aromatic carbocycles. The maximum atomic E-state index is 5.43. The highest BCUT2D eigenvalue weighted by atomic mass is 16.5. The van der Waals surface area contributed by atoms with E-state index in [4.69, 9.17) is 4.52 Å². The number of nitrogens with one attached hydrogen (secondary N) is 2. The summed E-state index contributed by atoms with van der Waals surface area (Å²) in [5, 5.41) is 31.3. The second-order valence-electron chi connectivity index (χ2n) is 10.2. The molecule has 2 N–H and O–H groups in total. The Morgan fingerprint density at radius 2 is 2.05 bits per heavy atom. The first kappa shape index (κ1) is 24.8. The second-order valence-corrected chi connectivity index (χ2v) is 10.2. The number of benzene rings is 1. The van der Waals surface area contributed by atoms with Gasteiger partial charge in [0.2, 0.25) is 5.82 Å².